The van der Waals surface area contributed by atoms with Gasteiger partial charge in [0.2, 0.25) is 0 Å². The number of rotatable bonds is 4. The van der Waals surface area contributed by atoms with Crippen molar-refractivity contribution in [1.82, 2.24) is 9.47 Å². The van der Waals surface area contributed by atoms with Gasteiger partial charge in [-0.15, -0.1) is 0 Å². The molecule has 2 heterocycles. The molecule has 0 atom stereocenters. The van der Waals surface area contributed by atoms with Gasteiger partial charge in [-0.3, -0.25) is 14.5 Å². The summed E-state index contributed by atoms with van der Waals surface area (Å²) in [5.74, 6) is -0.231. The number of aromatic nitrogens is 1. The molecule has 4 rings (SSSR count). The molecular weight excluding hydrogens is 380 g/mol. The van der Waals surface area contributed by atoms with Gasteiger partial charge in [0.25, 0.3) is 11.1 Å². The van der Waals surface area contributed by atoms with Crippen molar-refractivity contribution in [1.29, 1.82) is 0 Å². The number of benzene rings is 1. The van der Waals surface area contributed by atoms with Gasteiger partial charge in [-0.1, -0.05) is 43.0 Å². The Morgan fingerprint density at radius 3 is 2.56 bits per heavy atom. The first-order valence-electron chi connectivity index (χ1n) is 9.27. The van der Waals surface area contributed by atoms with Crippen LogP contribution in [0.2, 0.25) is 5.02 Å². The van der Waals surface area contributed by atoms with E-state index in [1.165, 1.54) is 37.0 Å². The maximum absolute atomic E-state index is 12.7. The Labute approximate surface area is 168 Å². The second-order valence-electron chi connectivity index (χ2n) is 7.08. The van der Waals surface area contributed by atoms with Gasteiger partial charge < -0.3 is 4.57 Å². The minimum absolute atomic E-state index is 0.229. The highest BCUT2D eigenvalue weighted by atomic mass is 35.5. The normalized spacial score (nSPS) is 20.0. The number of hydrogen-bond acceptors (Lipinski definition) is 3. The zero-order chi connectivity index (χ0) is 18.8. The first-order chi connectivity index (χ1) is 13.1. The highest BCUT2D eigenvalue weighted by molar-refractivity contribution is 8.18. The molecule has 27 heavy (non-hydrogen) atoms. The average molecular weight is 401 g/mol. The summed E-state index contributed by atoms with van der Waals surface area (Å²) >= 11 is 6.90. The van der Waals surface area contributed by atoms with Gasteiger partial charge in [0.15, 0.2) is 0 Å². The van der Waals surface area contributed by atoms with E-state index in [0.717, 1.165) is 22.9 Å². The van der Waals surface area contributed by atoms with Gasteiger partial charge in [-0.05, 0) is 60.0 Å². The molecule has 2 aromatic rings. The molecule has 0 N–H and O–H groups in total. The van der Waals surface area contributed by atoms with E-state index in [1.807, 2.05) is 24.3 Å². The highest BCUT2D eigenvalue weighted by Gasteiger charge is 2.35. The van der Waals surface area contributed by atoms with Gasteiger partial charge in [-0.25, -0.2) is 0 Å². The standard InChI is InChI=1S/C21H21ClN2O2S/c22-17-8-6-15(7-9-17)14-24-20(25)19(27-21(24)26)12-16-10-11-23(13-16)18-4-2-1-3-5-18/h6-13,18H,1-5,14H2/b19-12+. The van der Waals surface area contributed by atoms with Gasteiger partial charge in [-0.2, -0.15) is 0 Å². The summed E-state index contributed by atoms with van der Waals surface area (Å²) in [6.45, 7) is 0.266. The van der Waals surface area contributed by atoms with Gasteiger partial charge in [0.1, 0.15) is 0 Å². The molecule has 1 aromatic carbocycles. The van der Waals surface area contributed by atoms with E-state index in [4.69, 9.17) is 11.6 Å². The van der Waals surface area contributed by atoms with Crippen LogP contribution in [0.3, 0.4) is 0 Å². The molecule has 4 nitrogen and oxygen atoms in total. The SMILES string of the molecule is O=C1S/C(=C/c2ccn(C3CCCCC3)c2)C(=O)N1Cc1ccc(Cl)cc1. The second-order valence-corrected chi connectivity index (χ2v) is 8.51. The van der Waals surface area contributed by atoms with Crippen molar-refractivity contribution in [2.45, 2.75) is 44.7 Å². The van der Waals surface area contributed by atoms with E-state index >= 15 is 0 Å². The lowest BCUT2D eigenvalue weighted by molar-refractivity contribution is -0.123. The minimum atomic E-state index is -0.231. The van der Waals surface area contributed by atoms with Crippen molar-refractivity contribution >= 4 is 40.6 Å². The number of amides is 2. The van der Waals surface area contributed by atoms with Gasteiger partial charge >= 0.3 is 0 Å². The van der Waals surface area contributed by atoms with Crippen molar-refractivity contribution in [3.05, 3.63) is 63.8 Å². The summed E-state index contributed by atoms with van der Waals surface area (Å²) in [4.78, 5) is 26.8. The Morgan fingerprint density at radius 2 is 1.81 bits per heavy atom. The number of hydrogen-bond donors (Lipinski definition) is 0. The molecule has 1 aliphatic carbocycles. The van der Waals surface area contributed by atoms with Crippen LogP contribution >= 0.6 is 23.4 Å². The Bertz CT molecular complexity index is 882. The van der Waals surface area contributed by atoms with Crippen LogP contribution in [0.15, 0.2) is 47.6 Å². The molecule has 1 saturated heterocycles. The predicted octanol–water partition coefficient (Wildman–Crippen LogP) is 5.88. The number of imide groups is 1. The number of thioether (sulfide) groups is 1. The molecule has 1 saturated carbocycles. The van der Waals surface area contributed by atoms with Crippen LogP contribution in [0.5, 0.6) is 0 Å². The van der Waals surface area contributed by atoms with E-state index in [0.29, 0.717) is 16.0 Å². The maximum atomic E-state index is 12.7. The number of carbonyl (C=O) groups excluding carboxylic acids is 2. The maximum Gasteiger partial charge on any atom is 0.293 e. The molecule has 0 bridgehead atoms. The van der Waals surface area contributed by atoms with Crippen LogP contribution in [-0.4, -0.2) is 20.6 Å². The Hall–Kier alpha value is -1.98. The van der Waals surface area contributed by atoms with Gasteiger partial charge in [0, 0.05) is 23.5 Å². The lowest BCUT2D eigenvalue weighted by Crippen LogP contribution is -2.27. The first kappa shape index (κ1) is 18.4. The van der Waals surface area contributed by atoms with E-state index in [-0.39, 0.29) is 17.7 Å². The topological polar surface area (TPSA) is 42.3 Å². The molecule has 1 aromatic heterocycles. The molecule has 6 heteroatoms. The fourth-order valence-electron chi connectivity index (χ4n) is 3.68. The molecule has 2 aliphatic rings. The Kier molecular flexibility index (Phi) is 5.41. The molecule has 140 valence electrons. The average Bonchev–Trinajstić information content (AvgIpc) is 3.25. The van der Waals surface area contributed by atoms with Crippen molar-refractivity contribution in [3.8, 4) is 0 Å². The smallest absolute Gasteiger partial charge is 0.293 e. The van der Waals surface area contributed by atoms with Crippen LogP contribution in [0.4, 0.5) is 4.79 Å². The van der Waals surface area contributed by atoms with Gasteiger partial charge in [0.05, 0.1) is 11.4 Å². The Morgan fingerprint density at radius 1 is 1.07 bits per heavy atom. The zero-order valence-corrected chi connectivity index (χ0v) is 16.5. The van der Waals surface area contributed by atoms with Crippen molar-refractivity contribution in [2.24, 2.45) is 0 Å². The first-order valence-corrected chi connectivity index (χ1v) is 10.5. The van der Waals surface area contributed by atoms with E-state index in [9.17, 15) is 9.59 Å². The molecular formula is C21H21ClN2O2S. The summed E-state index contributed by atoms with van der Waals surface area (Å²) in [5.41, 5.74) is 1.85. The Balaban J connectivity index is 1.47. The lowest BCUT2D eigenvalue weighted by atomic mass is 9.95. The molecule has 2 fully saturated rings. The van der Waals surface area contributed by atoms with Crippen molar-refractivity contribution in [2.75, 3.05) is 0 Å². The summed E-state index contributed by atoms with van der Waals surface area (Å²) < 4.78 is 2.25. The summed E-state index contributed by atoms with van der Waals surface area (Å²) in [6.07, 6.45) is 12.3. The number of nitrogens with zero attached hydrogens (tertiary/aromatic N) is 2. The lowest BCUT2D eigenvalue weighted by Gasteiger charge is -2.23. The third-order valence-corrected chi connectivity index (χ3v) is 6.32. The van der Waals surface area contributed by atoms with Crippen LogP contribution in [-0.2, 0) is 11.3 Å². The van der Waals surface area contributed by atoms with Crippen LogP contribution in [0, 0.1) is 0 Å². The quantitative estimate of drug-likeness (QED) is 0.601. The molecule has 2 amide bonds. The fourth-order valence-corrected chi connectivity index (χ4v) is 4.65. The zero-order valence-electron chi connectivity index (χ0n) is 14.9. The van der Waals surface area contributed by atoms with E-state index in [1.54, 1.807) is 12.1 Å². The molecule has 1 aliphatic heterocycles. The number of carbonyl (C=O) groups is 2. The highest BCUT2D eigenvalue weighted by Crippen LogP contribution is 2.34. The summed E-state index contributed by atoms with van der Waals surface area (Å²) in [6, 6.07) is 9.77. The summed E-state index contributed by atoms with van der Waals surface area (Å²) in [5, 5.41) is 0.406. The van der Waals surface area contributed by atoms with E-state index in [2.05, 4.69) is 17.0 Å². The van der Waals surface area contributed by atoms with Crippen LogP contribution < -0.4 is 0 Å². The summed E-state index contributed by atoms with van der Waals surface area (Å²) in [7, 11) is 0. The molecule has 0 radical (unpaired) electrons. The van der Waals surface area contributed by atoms with E-state index < -0.39 is 0 Å². The third-order valence-electron chi connectivity index (χ3n) is 5.16. The minimum Gasteiger partial charge on any atom is -0.351 e. The van der Waals surface area contributed by atoms with Crippen molar-refractivity contribution in [3.63, 3.8) is 0 Å². The molecule has 0 spiro atoms. The van der Waals surface area contributed by atoms with Crippen LogP contribution in [0.1, 0.15) is 49.3 Å². The van der Waals surface area contributed by atoms with Crippen molar-refractivity contribution < 1.29 is 9.59 Å². The third kappa shape index (κ3) is 4.14. The molecule has 0 unspecified atom stereocenters. The fraction of sp³-hybridized carbons (Fsp3) is 0.333. The monoisotopic (exact) mass is 400 g/mol. The second kappa shape index (κ2) is 7.95. The number of halogens is 1. The predicted molar refractivity (Wildman–Crippen MR) is 110 cm³/mol. The largest absolute Gasteiger partial charge is 0.351 e. The van der Waals surface area contributed by atoms with Crippen LogP contribution in [0.25, 0.3) is 6.08 Å².